The number of carbonyl (C=O) groups excluding carboxylic acids is 1. The molecule has 1 amide bonds. The summed E-state index contributed by atoms with van der Waals surface area (Å²) in [6.07, 6.45) is 4.14. The van der Waals surface area contributed by atoms with Gasteiger partial charge in [0.15, 0.2) is 5.17 Å². The summed E-state index contributed by atoms with van der Waals surface area (Å²) in [5.41, 5.74) is 0.855. The minimum absolute atomic E-state index is 0.178. The predicted molar refractivity (Wildman–Crippen MR) is 85.3 cm³/mol. The molecule has 104 valence electrons. The van der Waals surface area contributed by atoms with Crippen molar-refractivity contribution < 1.29 is 4.79 Å². The minimum Gasteiger partial charge on any atom is -0.351 e. The normalized spacial score (nSPS) is 20.9. The monoisotopic (exact) mass is 326 g/mol. The molecule has 0 N–H and O–H groups in total. The molecule has 2 heterocycles. The second kappa shape index (κ2) is 5.80. The van der Waals surface area contributed by atoms with Crippen LogP contribution in [0.4, 0.5) is 0 Å². The quantitative estimate of drug-likeness (QED) is 0.729. The van der Waals surface area contributed by atoms with Crippen LogP contribution >= 0.6 is 35.0 Å². The Labute approximate surface area is 131 Å². The number of likely N-dealkylation sites (tertiary alicyclic amines) is 1. The van der Waals surface area contributed by atoms with Crippen LogP contribution in [0.3, 0.4) is 0 Å². The number of carbonyl (C=O) groups is 1. The van der Waals surface area contributed by atoms with E-state index in [1.807, 2.05) is 12.1 Å². The average Bonchev–Trinajstić information content (AvgIpc) is 3.04. The highest BCUT2D eigenvalue weighted by Crippen LogP contribution is 2.32. The number of amidine groups is 1. The first-order valence-corrected chi connectivity index (χ1v) is 7.93. The van der Waals surface area contributed by atoms with Crippen LogP contribution in [0.5, 0.6) is 0 Å². The lowest BCUT2D eigenvalue weighted by atomic mass is 10.2. The van der Waals surface area contributed by atoms with Crippen LogP contribution in [-0.2, 0) is 4.79 Å². The molecule has 0 spiro atoms. The topological polar surface area (TPSA) is 32.7 Å². The van der Waals surface area contributed by atoms with Crippen molar-refractivity contribution in [3.63, 3.8) is 0 Å². The SMILES string of the molecule is O=C1N=C(N2CCCC2)S/C1=C\c1ccc(Cl)c(Cl)c1. The lowest BCUT2D eigenvalue weighted by Gasteiger charge is -2.14. The lowest BCUT2D eigenvalue weighted by molar-refractivity contribution is -0.113. The van der Waals surface area contributed by atoms with Gasteiger partial charge in [-0.3, -0.25) is 4.79 Å². The Balaban J connectivity index is 1.80. The summed E-state index contributed by atoms with van der Waals surface area (Å²) >= 11 is 13.3. The molecule has 0 unspecified atom stereocenters. The molecule has 0 bridgehead atoms. The van der Waals surface area contributed by atoms with E-state index in [0.717, 1.165) is 23.8 Å². The second-order valence-corrected chi connectivity index (χ2v) is 6.50. The number of thioether (sulfide) groups is 1. The summed E-state index contributed by atoms with van der Waals surface area (Å²) < 4.78 is 0. The fraction of sp³-hybridized carbons (Fsp3) is 0.286. The van der Waals surface area contributed by atoms with Gasteiger partial charge in [-0.1, -0.05) is 29.3 Å². The highest BCUT2D eigenvalue weighted by Gasteiger charge is 2.27. The van der Waals surface area contributed by atoms with Crippen LogP contribution in [0.15, 0.2) is 28.1 Å². The Morgan fingerprint density at radius 2 is 1.95 bits per heavy atom. The predicted octanol–water partition coefficient (Wildman–Crippen LogP) is 4.06. The zero-order chi connectivity index (χ0) is 14.1. The highest BCUT2D eigenvalue weighted by atomic mass is 35.5. The van der Waals surface area contributed by atoms with Gasteiger partial charge in [0.2, 0.25) is 0 Å². The molecule has 0 atom stereocenters. The molecule has 2 aliphatic rings. The van der Waals surface area contributed by atoms with E-state index in [0.29, 0.717) is 15.0 Å². The van der Waals surface area contributed by atoms with Gasteiger partial charge < -0.3 is 4.90 Å². The summed E-state index contributed by atoms with van der Waals surface area (Å²) in [6, 6.07) is 5.31. The molecule has 20 heavy (non-hydrogen) atoms. The van der Waals surface area contributed by atoms with E-state index in [2.05, 4.69) is 9.89 Å². The number of aliphatic imine (C=N–C) groups is 1. The minimum atomic E-state index is -0.178. The van der Waals surface area contributed by atoms with E-state index in [1.165, 1.54) is 24.6 Å². The van der Waals surface area contributed by atoms with Gasteiger partial charge in [-0.25, -0.2) is 0 Å². The molecule has 1 saturated heterocycles. The molecular weight excluding hydrogens is 315 g/mol. The molecular formula is C14H12Cl2N2OS. The van der Waals surface area contributed by atoms with Crippen molar-refractivity contribution >= 4 is 52.1 Å². The molecule has 1 fully saturated rings. The molecule has 3 rings (SSSR count). The van der Waals surface area contributed by atoms with E-state index in [4.69, 9.17) is 23.2 Å². The molecule has 1 aromatic carbocycles. The van der Waals surface area contributed by atoms with Crippen LogP contribution in [0, 0.1) is 0 Å². The number of halogens is 2. The number of rotatable bonds is 1. The van der Waals surface area contributed by atoms with Crippen LogP contribution in [0.25, 0.3) is 6.08 Å². The summed E-state index contributed by atoms with van der Waals surface area (Å²) in [5.74, 6) is -0.178. The molecule has 2 aliphatic heterocycles. The van der Waals surface area contributed by atoms with E-state index in [9.17, 15) is 4.79 Å². The number of hydrogen-bond donors (Lipinski definition) is 0. The maximum atomic E-state index is 11.9. The average molecular weight is 327 g/mol. The maximum absolute atomic E-state index is 11.9. The summed E-state index contributed by atoms with van der Waals surface area (Å²) in [5, 5.41) is 1.81. The standard InChI is InChI=1S/C14H12Cl2N2OS/c15-10-4-3-9(7-11(10)16)8-12-13(19)17-14(20-12)18-5-1-2-6-18/h3-4,7-8H,1-2,5-6H2/b12-8-. The Kier molecular flexibility index (Phi) is 4.06. The molecule has 0 radical (unpaired) electrons. The number of amides is 1. The largest absolute Gasteiger partial charge is 0.351 e. The lowest BCUT2D eigenvalue weighted by Crippen LogP contribution is -2.23. The third kappa shape index (κ3) is 2.87. The number of benzene rings is 1. The van der Waals surface area contributed by atoms with Crippen LogP contribution in [0.1, 0.15) is 18.4 Å². The second-order valence-electron chi connectivity index (χ2n) is 4.68. The van der Waals surface area contributed by atoms with E-state index in [-0.39, 0.29) is 5.91 Å². The summed E-state index contributed by atoms with van der Waals surface area (Å²) in [6.45, 7) is 1.97. The van der Waals surface area contributed by atoms with Crippen LogP contribution in [0.2, 0.25) is 10.0 Å². The zero-order valence-electron chi connectivity index (χ0n) is 10.6. The Morgan fingerprint density at radius 3 is 2.65 bits per heavy atom. The fourth-order valence-corrected chi connectivity index (χ4v) is 3.47. The van der Waals surface area contributed by atoms with Crippen LogP contribution < -0.4 is 0 Å². The van der Waals surface area contributed by atoms with Gasteiger partial charge >= 0.3 is 0 Å². The van der Waals surface area contributed by atoms with Gasteiger partial charge in [0.1, 0.15) is 0 Å². The maximum Gasteiger partial charge on any atom is 0.286 e. The Bertz CT molecular complexity index is 622. The highest BCUT2D eigenvalue weighted by molar-refractivity contribution is 8.18. The van der Waals surface area contributed by atoms with Crippen molar-refractivity contribution in [1.82, 2.24) is 4.90 Å². The summed E-state index contributed by atoms with van der Waals surface area (Å²) in [4.78, 5) is 18.9. The van der Waals surface area contributed by atoms with Crippen molar-refractivity contribution in [2.45, 2.75) is 12.8 Å². The van der Waals surface area contributed by atoms with Gasteiger partial charge in [0.25, 0.3) is 5.91 Å². The van der Waals surface area contributed by atoms with Gasteiger partial charge in [-0.05, 0) is 48.4 Å². The van der Waals surface area contributed by atoms with Gasteiger partial charge in [0.05, 0.1) is 15.0 Å². The van der Waals surface area contributed by atoms with Gasteiger partial charge in [-0.15, -0.1) is 0 Å². The van der Waals surface area contributed by atoms with Crippen molar-refractivity contribution in [3.05, 3.63) is 38.7 Å². The first-order chi connectivity index (χ1) is 9.63. The molecule has 6 heteroatoms. The van der Waals surface area contributed by atoms with Gasteiger partial charge in [-0.2, -0.15) is 4.99 Å². The smallest absolute Gasteiger partial charge is 0.286 e. The van der Waals surface area contributed by atoms with Crippen LogP contribution in [-0.4, -0.2) is 29.1 Å². The van der Waals surface area contributed by atoms with Crippen molar-refractivity contribution in [2.24, 2.45) is 4.99 Å². The summed E-state index contributed by atoms with van der Waals surface area (Å²) in [7, 11) is 0. The Hall–Kier alpha value is -0.970. The third-order valence-corrected chi connectivity index (χ3v) is 5.01. The molecule has 0 aromatic heterocycles. The fourth-order valence-electron chi connectivity index (χ4n) is 2.20. The van der Waals surface area contributed by atoms with Gasteiger partial charge in [0, 0.05) is 13.1 Å². The van der Waals surface area contributed by atoms with Crippen molar-refractivity contribution in [1.29, 1.82) is 0 Å². The molecule has 3 nitrogen and oxygen atoms in total. The number of hydrogen-bond acceptors (Lipinski definition) is 3. The van der Waals surface area contributed by atoms with Crippen molar-refractivity contribution in [3.8, 4) is 0 Å². The zero-order valence-corrected chi connectivity index (χ0v) is 12.9. The Morgan fingerprint density at radius 1 is 1.20 bits per heavy atom. The molecule has 0 saturated carbocycles. The van der Waals surface area contributed by atoms with E-state index >= 15 is 0 Å². The third-order valence-electron chi connectivity index (χ3n) is 3.23. The number of nitrogens with zero attached hydrogens (tertiary/aromatic N) is 2. The van der Waals surface area contributed by atoms with E-state index in [1.54, 1.807) is 12.1 Å². The first-order valence-electron chi connectivity index (χ1n) is 6.36. The van der Waals surface area contributed by atoms with E-state index < -0.39 is 0 Å². The van der Waals surface area contributed by atoms with Crippen molar-refractivity contribution in [2.75, 3.05) is 13.1 Å². The molecule has 1 aromatic rings. The first kappa shape index (κ1) is 14.0. The molecule has 0 aliphatic carbocycles.